The lowest BCUT2D eigenvalue weighted by Crippen LogP contribution is -2.33. The SMILES string of the molecule is CCNCCNC(=O)CSC(C)C(=O)Nc1cc(C)on1.Cl. The molecule has 0 bridgehead atoms. The Morgan fingerprint density at radius 2 is 2.14 bits per heavy atom. The fraction of sp³-hybridized carbons (Fsp3) is 0.615. The summed E-state index contributed by atoms with van der Waals surface area (Å²) in [5.74, 6) is 0.993. The van der Waals surface area contributed by atoms with E-state index in [4.69, 9.17) is 4.52 Å². The molecule has 0 saturated carbocycles. The van der Waals surface area contributed by atoms with Gasteiger partial charge in [0.05, 0.1) is 11.0 Å². The Morgan fingerprint density at radius 3 is 2.73 bits per heavy atom. The number of anilines is 1. The van der Waals surface area contributed by atoms with E-state index >= 15 is 0 Å². The van der Waals surface area contributed by atoms with Gasteiger partial charge in [-0.15, -0.1) is 24.2 Å². The third kappa shape index (κ3) is 8.26. The second kappa shape index (κ2) is 11.3. The van der Waals surface area contributed by atoms with Crippen molar-refractivity contribution in [3.05, 3.63) is 11.8 Å². The summed E-state index contributed by atoms with van der Waals surface area (Å²) in [6.07, 6.45) is 0. The Balaban J connectivity index is 0.00000441. The average Bonchev–Trinajstić information content (AvgIpc) is 2.86. The van der Waals surface area contributed by atoms with Crippen molar-refractivity contribution in [2.24, 2.45) is 0 Å². The predicted octanol–water partition coefficient (Wildman–Crippen LogP) is 1.19. The third-order valence-corrected chi connectivity index (χ3v) is 3.73. The van der Waals surface area contributed by atoms with Crippen molar-refractivity contribution in [1.82, 2.24) is 15.8 Å². The molecule has 0 aliphatic heterocycles. The van der Waals surface area contributed by atoms with Crippen molar-refractivity contribution in [3.63, 3.8) is 0 Å². The van der Waals surface area contributed by atoms with Crippen LogP contribution in [0.2, 0.25) is 0 Å². The van der Waals surface area contributed by atoms with Crippen LogP contribution in [0.15, 0.2) is 10.6 Å². The normalized spacial score (nSPS) is 11.4. The second-order valence-electron chi connectivity index (χ2n) is 4.47. The van der Waals surface area contributed by atoms with Crippen molar-refractivity contribution in [1.29, 1.82) is 0 Å². The van der Waals surface area contributed by atoms with E-state index in [1.54, 1.807) is 19.9 Å². The number of nitrogens with zero attached hydrogens (tertiary/aromatic N) is 1. The molecule has 0 aliphatic rings. The summed E-state index contributed by atoms with van der Waals surface area (Å²) in [5, 5.41) is 11.9. The van der Waals surface area contributed by atoms with Gasteiger partial charge in [-0.25, -0.2) is 0 Å². The number of rotatable bonds is 9. The molecule has 1 aromatic rings. The van der Waals surface area contributed by atoms with Gasteiger partial charge in [0.25, 0.3) is 0 Å². The van der Waals surface area contributed by atoms with Crippen molar-refractivity contribution >= 4 is 41.8 Å². The van der Waals surface area contributed by atoms with Crippen LogP contribution < -0.4 is 16.0 Å². The maximum atomic E-state index is 11.9. The quantitative estimate of drug-likeness (QED) is 0.579. The fourth-order valence-electron chi connectivity index (χ4n) is 1.45. The van der Waals surface area contributed by atoms with Crippen LogP contribution in [-0.2, 0) is 9.59 Å². The predicted molar refractivity (Wildman–Crippen MR) is 90.6 cm³/mol. The molecule has 2 amide bonds. The summed E-state index contributed by atoms with van der Waals surface area (Å²) < 4.78 is 4.87. The number of carbonyl (C=O) groups is 2. The highest BCUT2D eigenvalue weighted by Gasteiger charge is 2.16. The number of aromatic nitrogens is 1. The van der Waals surface area contributed by atoms with E-state index < -0.39 is 0 Å². The Hall–Kier alpha value is -1.25. The minimum atomic E-state index is -0.346. The molecule has 0 fully saturated rings. The maximum absolute atomic E-state index is 11.9. The molecule has 126 valence electrons. The molecule has 0 spiro atoms. The van der Waals surface area contributed by atoms with Gasteiger partial charge >= 0.3 is 0 Å². The fourth-order valence-corrected chi connectivity index (χ4v) is 2.16. The molecule has 1 aromatic heterocycles. The van der Waals surface area contributed by atoms with Gasteiger partial charge in [0.1, 0.15) is 5.76 Å². The molecule has 22 heavy (non-hydrogen) atoms. The minimum Gasteiger partial charge on any atom is -0.360 e. The van der Waals surface area contributed by atoms with E-state index in [9.17, 15) is 9.59 Å². The summed E-state index contributed by atoms with van der Waals surface area (Å²) in [5.41, 5.74) is 0. The van der Waals surface area contributed by atoms with E-state index in [1.807, 2.05) is 6.92 Å². The van der Waals surface area contributed by atoms with Crippen LogP contribution in [0.5, 0.6) is 0 Å². The summed E-state index contributed by atoms with van der Waals surface area (Å²) >= 11 is 1.28. The van der Waals surface area contributed by atoms with Gasteiger partial charge in [-0.05, 0) is 20.4 Å². The minimum absolute atomic E-state index is 0. The number of hydrogen-bond acceptors (Lipinski definition) is 6. The lowest BCUT2D eigenvalue weighted by Gasteiger charge is -2.10. The molecule has 1 atom stereocenters. The van der Waals surface area contributed by atoms with Crippen molar-refractivity contribution in [2.75, 3.05) is 30.7 Å². The lowest BCUT2D eigenvalue weighted by atomic mass is 10.4. The standard InChI is InChI=1S/C13H22N4O3S.ClH/c1-4-14-5-6-15-12(18)8-21-10(3)13(19)16-11-7-9(2)20-17-11;/h7,10,14H,4-6,8H2,1-3H3,(H,15,18)(H,16,17,19);1H. The van der Waals surface area contributed by atoms with Crippen LogP contribution in [0, 0.1) is 6.92 Å². The van der Waals surface area contributed by atoms with Crippen molar-refractivity contribution in [2.45, 2.75) is 26.0 Å². The number of amides is 2. The Bertz CT molecular complexity index is 470. The zero-order chi connectivity index (χ0) is 15.7. The van der Waals surface area contributed by atoms with Crippen LogP contribution in [-0.4, -0.2) is 47.6 Å². The monoisotopic (exact) mass is 350 g/mol. The zero-order valence-corrected chi connectivity index (χ0v) is 14.6. The number of thioether (sulfide) groups is 1. The molecule has 7 nitrogen and oxygen atoms in total. The lowest BCUT2D eigenvalue weighted by molar-refractivity contribution is -0.118. The molecule has 1 unspecified atom stereocenters. The van der Waals surface area contributed by atoms with Crippen LogP contribution in [0.3, 0.4) is 0 Å². The molecule has 0 radical (unpaired) electrons. The van der Waals surface area contributed by atoms with Gasteiger partial charge in [-0.2, -0.15) is 0 Å². The average molecular weight is 351 g/mol. The van der Waals surface area contributed by atoms with Gasteiger partial charge in [0, 0.05) is 19.2 Å². The van der Waals surface area contributed by atoms with Crippen LogP contribution >= 0.6 is 24.2 Å². The first-order valence-corrected chi connectivity index (χ1v) is 7.91. The van der Waals surface area contributed by atoms with E-state index in [2.05, 4.69) is 21.1 Å². The van der Waals surface area contributed by atoms with Crippen molar-refractivity contribution < 1.29 is 14.1 Å². The summed E-state index contributed by atoms with van der Waals surface area (Å²) in [7, 11) is 0. The Kier molecular flexibility index (Phi) is 10.7. The van der Waals surface area contributed by atoms with E-state index in [0.717, 1.165) is 13.1 Å². The molecule has 9 heteroatoms. The van der Waals surface area contributed by atoms with E-state index in [0.29, 0.717) is 18.1 Å². The number of likely N-dealkylation sites (N-methyl/N-ethyl adjacent to an activating group) is 1. The van der Waals surface area contributed by atoms with Gasteiger partial charge in [-0.1, -0.05) is 12.1 Å². The molecular formula is C13H23ClN4O3S. The van der Waals surface area contributed by atoms with E-state index in [-0.39, 0.29) is 35.2 Å². The summed E-state index contributed by atoms with van der Waals surface area (Å²) in [4.78, 5) is 23.5. The first-order valence-electron chi connectivity index (χ1n) is 6.86. The first-order chi connectivity index (χ1) is 10.0. The molecule has 3 N–H and O–H groups in total. The third-order valence-electron chi connectivity index (χ3n) is 2.59. The first kappa shape index (κ1) is 20.8. The zero-order valence-electron chi connectivity index (χ0n) is 13.0. The highest BCUT2D eigenvalue weighted by molar-refractivity contribution is 8.01. The number of halogens is 1. The van der Waals surface area contributed by atoms with Crippen LogP contribution in [0.4, 0.5) is 5.82 Å². The van der Waals surface area contributed by atoms with Gasteiger partial charge < -0.3 is 20.5 Å². The summed E-state index contributed by atoms with van der Waals surface area (Å²) in [6.45, 7) is 7.72. The topological polar surface area (TPSA) is 96.3 Å². The Morgan fingerprint density at radius 1 is 1.41 bits per heavy atom. The molecule has 1 heterocycles. The second-order valence-corrected chi connectivity index (χ2v) is 5.80. The van der Waals surface area contributed by atoms with Gasteiger partial charge in [0.15, 0.2) is 5.82 Å². The largest absolute Gasteiger partial charge is 0.360 e. The number of aryl methyl sites for hydroxylation is 1. The van der Waals surface area contributed by atoms with Gasteiger partial charge in [-0.3, -0.25) is 9.59 Å². The number of hydrogen-bond donors (Lipinski definition) is 3. The van der Waals surface area contributed by atoms with Crippen LogP contribution in [0.1, 0.15) is 19.6 Å². The van der Waals surface area contributed by atoms with E-state index in [1.165, 1.54) is 11.8 Å². The van der Waals surface area contributed by atoms with Gasteiger partial charge in [0.2, 0.25) is 11.8 Å². The van der Waals surface area contributed by atoms with Crippen molar-refractivity contribution in [3.8, 4) is 0 Å². The molecule has 0 aromatic carbocycles. The maximum Gasteiger partial charge on any atom is 0.238 e. The molecule has 0 saturated heterocycles. The highest BCUT2D eigenvalue weighted by atomic mass is 35.5. The summed E-state index contributed by atoms with van der Waals surface area (Å²) in [6, 6.07) is 1.64. The molecular weight excluding hydrogens is 328 g/mol. The highest BCUT2D eigenvalue weighted by Crippen LogP contribution is 2.13. The smallest absolute Gasteiger partial charge is 0.238 e. The van der Waals surface area contributed by atoms with Crippen LogP contribution in [0.25, 0.3) is 0 Å². The molecule has 0 aliphatic carbocycles. The number of carbonyl (C=O) groups excluding carboxylic acids is 2. The number of nitrogens with one attached hydrogen (secondary N) is 3. The molecule has 1 rings (SSSR count). The Labute approximate surface area is 140 Å².